The van der Waals surface area contributed by atoms with Crippen LogP contribution in [0, 0.1) is 0 Å². The number of carboxylic acid groups (broad SMARTS) is 1. The normalized spacial score (nSPS) is 24.0. The molecule has 7 N–H and O–H groups in total. The maximum Gasteiger partial charge on any atom is 0.362 e. The minimum absolute atomic E-state index is 0.0421. The van der Waals surface area contributed by atoms with Gasteiger partial charge in [0.2, 0.25) is 5.60 Å². The zero-order valence-corrected chi connectivity index (χ0v) is 22.4. The third-order valence-corrected chi connectivity index (χ3v) is 8.28. The summed E-state index contributed by atoms with van der Waals surface area (Å²) in [7, 11) is -4.97. The molecule has 1 aliphatic carbocycles. The van der Waals surface area contributed by atoms with Crippen LogP contribution in [0.1, 0.15) is 30.7 Å². The van der Waals surface area contributed by atoms with Crippen molar-refractivity contribution in [3.8, 4) is 0 Å². The van der Waals surface area contributed by atoms with Crippen LogP contribution in [0.2, 0.25) is 0 Å². The Kier molecular flexibility index (Phi) is 7.44. The summed E-state index contributed by atoms with van der Waals surface area (Å²) < 4.78 is 33.7. The highest BCUT2D eigenvalue weighted by Gasteiger charge is 2.56. The van der Waals surface area contributed by atoms with Crippen molar-refractivity contribution in [2.45, 2.75) is 56.1 Å². The molecule has 18 nitrogen and oxygen atoms in total. The van der Waals surface area contributed by atoms with Crippen molar-refractivity contribution in [2.75, 3.05) is 18.8 Å². The number of nitrogens with one attached hydrogen (secondary N) is 3. The Bertz CT molecular complexity index is 1450. The number of carbonyl (C=O) groups excluding carboxylic acids is 2. The predicted octanol–water partition coefficient (Wildman–Crippen LogP) is -2.70. The first-order valence-electron chi connectivity index (χ1n) is 12.1. The largest absolute Gasteiger partial charge is 0.478 e. The minimum atomic E-state index is -4.97. The first-order valence-corrected chi connectivity index (χ1v) is 14.4. The van der Waals surface area contributed by atoms with Gasteiger partial charge < -0.3 is 31.6 Å². The quantitative estimate of drug-likeness (QED) is 0.0629. The number of oxime groups is 1. The van der Waals surface area contributed by atoms with Crippen molar-refractivity contribution in [3.63, 3.8) is 0 Å². The van der Waals surface area contributed by atoms with Gasteiger partial charge in [-0.1, -0.05) is 5.16 Å². The van der Waals surface area contributed by atoms with Gasteiger partial charge in [0, 0.05) is 37.4 Å². The molecule has 2 saturated heterocycles. The van der Waals surface area contributed by atoms with Crippen LogP contribution in [0.4, 0.5) is 5.13 Å². The summed E-state index contributed by atoms with van der Waals surface area (Å²) in [4.78, 5) is 47.6. The zero-order valence-electron chi connectivity index (χ0n) is 20.8. The Morgan fingerprint density at radius 3 is 2.75 bits per heavy atom. The first-order chi connectivity index (χ1) is 19.0. The maximum absolute atomic E-state index is 13.2. The monoisotopic (exact) mass is 598 g/mol. The molecule has 0 spiro atoms. The van der Waals surface area contributed by atoms with Crippen molar-refractivity contribution in [3.05, 3.63) is 23.0 Å². The van der Waals surface area contributed by atoms with E-state index in [1.807, 2.05) is 0 Å². The van der Waals surface area contributed by atoms with Crippen LogP contribution >= 0.6 is 11.3 Å². The van der Waals surface area contributed by atoms with Gasteiger partial charge >= 0.3 is 16.3 Å². The van der Waals surface area contributed by atoms with E-state index in [1.54, 1.807) is 0 Å². The number of rotatable bonds is 12. The van der Waals surface area contributed by atoms with E-state index in [0.29, 0.717) is 12.2 Å². The average molecular weight is 599 g/mol. The lowest BCUT2D eigenvalue weighted by molar-refractivity contribution is -0.153. The third kappa shape index (κ3) is 5.75. The molecular weight excluding hydrogens is 572 g/mol. The van der Waals surface area contributed by atoms with Crippen LogP contribution in [0.3, 0.4) is 0 Å². The highest BCUT2D eigenvalue weighted by atomic mass is 32.2. The number of carboxylic acids is 1. The van der Waals surface area contributed by atoms with E-state index in [1.165, 1.54) is 11.6 Å². The van der Waals surface area contributed by atoms with E-state index in [2.05, 4.69) is 36.3 Å². The number of hydrogen-bond acceptors (Lipinski definition) is 14. The molecule has 40 heavy (non-hydrogen) atoms. The summed E-state index contributed by atoms with van der Waals surface area (Å²) in [5.74, 6) is -3.37. The standard InChI is InChI=1S/C20H26N10O8S2/c21-19-25-12(9-39-19)14(28-38-20(2-3-20)18(33)34)16(31)26-15-13(30(17(15)32)40(35,36)37)8-29-24-7-11(27-29)6-23-10-1-4-22-5-10/h7,9-10,13,15,22-23H,1-6,8H2,(H2,21,25)(H,26,31)(H,33,34)(H,35,36,37)/t10-,13-,15+/m1/s1. The van der Waals surface area contributed by atoms with E-state index in [4.69, 9.17) is 10.6 Å². The molecule has 216 valence electrons. The number of nitrogen functional groups attached to an aromatic ring is 1. The van der Waals surface area contributed by atoms with Gasteiger partial charge in [0.25, 0.3) is 11.8 Å². The molecule has 3 fully saturated rings. The second kappa shape index (κ2) is 10.7. The SMILES string of the molecule is Nc1nc(C(=NOC2(C(=O)O)CC2)C(=O)N[C@@H]2C(=O)N(S(=O)(=O)O)[C@@H]2Cn2ncc(CN[C@@H]3CCNC3)n2)cs1. The molecule has 2 aromatic rings. The Morgan fingerprint density at radius 1 is 1.38 bits per heavy atom. The molecule has 2 amide bonds. The highest BCUT2D eigenvalue weighted by molar-refractivity contribution is 7.84. The van der Waals surface area contributed by atoms with Crippen LogP contribution < -0.4 is 21.7 Å². The molecule has 3 atom stereocenters. The molecule has 4 heterocycles. The topological polar surface area (TPSA) is 256 Å². The van der Waals surface area contributed by atoms with Crippen LogP contribution in [0.5, 0.6) is 0 Å². The lowest BCUT2D eigenvalue weighted by Gasteiger charge is -2.43. The Morgan fingerprint density at radius 2 is 2.15 bits per heavy atom. The number of aromatic nitrogens is 4. The molecule has 5 rings (SSSR count). The molecule has 1 saturated carbocycles. The molecule has 0 radical (unpaired) electrons. The second-order valence-electron chi connectivity index (χ2n) is 9.49. The van der Waals surface area contributed by atoms with Crippen molar-refractivity contribution in [2.24, 2.45) is 5.16 Å². The Labute approximate surface area is 230 Å². The van der Waals surface area contributed by atoms with Gasteiger partial charge in [-0.15, -0.1) is 11.3 Å². The zero-order chi connectivity index (χ0) is 28.7. The van der Waals surface area contributed by atoms with Gasteiger partial charge in [-0.05, 0) is 13.0 Å². The van der Waals surface area contributed by atoms with E-state index in [9.17, 15) is 32.5 Å². The van der Waals surface area contributed by atoms with E-state index >= 15 is 0 Å². The number of nitrogens with zero attached hydrogens (tertiary/aromatic N) is 6. The van der Waals surface area contributed by atoms with Crippen molar-refractivity contribution >= 4 is 50.3 Å². The molecular formula is C20H26N10O8S2. The second-order valence-corrected chi connectivity index (χ2v) is 11.7. The number of nitrogens with two attached hydrogens (primary N) is 1. The van der Waals surface area contributed by atoms with E-state index < -0.39 is 51.5 Å². The fourth-order valence-corrected chi connectivity index (χ4v) is 5.71. The van der Waals surface area contributed by atoms with Gasteiger partial charge in [-0.2, -0.15) is 23.4 Å². The van der Waals surface area contributed by atoms with E-state index in [0.717, 1.165) is 35.6 Å². The Hall–Kier alpha value is -3.72. The summed E-state index contributed by atoms with van der Waals surface area (Å²) in [6.07, 6.45) is 2.80. The summed E-state index contributed by atoms with van der Waals surface area (Å²) in [5, 5.41) is 31.8. The van der Waals surface area contributed by atoms with Crippen LogP contribution in [-0.4, -0.2) is 103 Å². The fourth-order valence-electron chi connectivity index (χ4n) is 4.29. The number of β-lactam (4-membered cyclic amide) rings is 1. The lowest BCUT2D eigenvalue weighted by Crippen LogP contribution is -2.73. The number of aliphatic carboxylic acids is 1. The van der Waals surface area contributed by atoms with Crippen LogP contribution in [0.15, 0.2) is 16.7 Å². The minimum Gasteiger partial charge on any atom is -0.478 e. The molecule has 20 heteroatoms. The molecule has 0 bridgehead atoms. The van der Waals surface area contributed by atoms with Crippen molar-refractivity contribution < 1.29 is 37.3 Å². The Balaban J connectivity index is 1.32. The first kappa shape index (κ1) is 27.8. The number of hydrogen-bond donors (Lipinski definition) is 6. The summed E-state index contributed by atoms with van der Waals surface area (Å²) in [5.41, 5.74) is 4.14. The van der Waals surface area contributed by atoms with Crippen molar-refractivity contribution in [1.82, 2.24) is 40.2 Å². The maximum atomic E-state index is 13.2. The third-order valence-electron chi connectivity index (χ3n) is 6.66. The predicted molar refractivity (Wildman–Crippen MR) is 136 cm³/mol. The lowest BCUT2D eigenvalue weighted by atomic mass is 9.98. The van der Waals surface area contributed by atoms with Crippen molar-refractivity contribution in [1.29, 1.82) is 0 Å². The van der Waals surface area contributed by atoms with E-state index in [-0.39, 0.29) is 40.6 Å². The molecule has 0 aromatic carbocycles. The smallest absolute Gasteiger partial charge is 0.362 e. The van der Waals surface area contributed by atoms with Gasteiger partial charge in [-0.25, -0.2) is 14.1 Å². The number of carbonyl (C=O) groups is 3. The molecule has 2 aliphatic heterocycles. The van der Waals surface area contributed by atoms with Gasteiger partial charge in [0.05, 0.1) is 18.4 Å². The number of thiazole rings is 1. The molecule has 3 aliphatic rings. The molecule has 2 aromatic heterocycles. The van der Waals surface area contributed by atoms with Gasteiger partial charge in [-0.3, -0.25) is 14.1 Å². The van der Waals surface area contributed by atoms with Crippen LogP contribution in [0.25, 0.3) is 0 Å². The summed E-state index contributed by atoms with van der Waals surface area (Å²) in [6, 6.07) is -2.43. The van der Waals surface area contributed by atoms with Gasteiger partial charge in [0.1, 0.15) is 17.8 Å². The molecule has 0 unspecified atom stereocenters. The van der Waals surface area contributed by atoms with Crippen LogP contribution in [-0.2, 0) is 42.6 Å². The summed E-state index contributed by atoms with van der Waals surface area (Å²) >= 11 is 0.983. The number of amides is 2. The fraction of sp³-hybridized carbons (Fsp3) is 0.550. The number of anilines is 1. The highest BCUT2D eigenvalue weighted by Crippen LogP contribution is 2.40. The average Bonchev–Trinajstić information content (AvgIpc) is 3.22. The van der Waals surface area contributed by atoms with Gasteiger partial charge in [0.15, 0.2) is 10.8 Å². The summed E-state index contributed by atoms with van der Waals surface area (Å²) in [6.45, 7) is 1.86.